The van der Waals surface area contributed by atoms with Crippen LogP contribution >= 0.6 is 12.4 Å². The lowest BCUT2D eigenvalue weighted by molar-refractivity contribution is -0.127. The molecular formula is C22H36ClN3O2. The molecule has 1 aliphatic rings. The van der Waals surface area contributed by atoms with Crippen molar-refractivity contribution in [2.45, 2.75) is 77.3 Å². The molecule has 1 aromatic rings. The number of nitrogens with two attached hydrogens (primary N) is 1. The number of amides is 2. The number of hydrogen-bond acceptors (Lipinski definition) is 3. The summed E-state index contributed by atoms with van der Waals surface area (Å²) < 4.78 is 0. The first-order chi connectivity index (χ1) is 12.9. The molecule has 1 aliphatic carbocycles. The Bertz CT molecular complexity index is 613. The van der Waals surface area contributed by atoms with Crippen molar-refractivity contribution in [3.63, 3.8) is 0 Å². The van der Waals surface area contributed by atoms with Crippen molar-refractivity contribution in [3.8, 4) is 0 Å². The monoisotopic (exact) mass is 409 g/mol. The van der Waals surface area contributed by atoms with E-state index in [-0.39, 0.29) is 48.6 Å². The smallest absolute Gasteiger partial charge is 0.223 e. The van der Waals surface area contributed by atoms with Gasteiger partial charge >= 0.3 is 0 Å². The molecule has 2 atom stereocenters. The highest BCUT2D eigenvalue weighted by Gasteiger charge is 2.22. The van der Waals surface area contributed by atoms with Gasteiger partial charge in [-0.25, -0.2) is 0 Å². The van der Waals surface area contributed by atoms with Gasteiger partial charge in [-0.05, 0) is 36.8 Å². The summed E-state index contributed by atoms with van der Waals surface area (Å²) in [6.07, 6.45) is 5.69. The van der Waals surface area contributed by atoms with Crippen LogP contribution in [-0.2, 0) is 9.59 Å². The van der Waals surface area contributed by atoms with Gasteiger partial charge in [0.15, 0.2) is 0 Å². The second-order valence-electron chi connectivity index (χ2n) is 8.18. The van der Waals surface area contributed by atoms with Gasteiger partial charge < -0.3 is 16.4 Å². The Morgan fingerprint density at radius 1 is 1.04 bits per heavy atom. The Hall–Kier alpha value is -1.59. The molecule has 1 fully saturated rings. The summed E-state index contributed by atoms with van der Waals surface area (Å²) in [6, 6.07) is 7.83. The van der Waals surface area contributed by atoms with Crippen molar-refractivity contribution < 1.29 is 9.59 Å². The van der Waals surface area contributed by atoms with Crippen molar-refractivity contribution in [1.82, 2.24) is 10.6 Å². The SMILES string of the molecule is CC(CC(=O)NCC(N)c1ccc(C(C)C)cc1)NC(=O)C1CCCCC1.Cl. The Labute approximate surface area is 175 Å². The van der Waals surface area contributed by atoms with Crippen LogP contribution in [0.25, 0.3) is 0 Å². The fourth-order valence-electron chi connectivity index (χ4n) is 3.60. The number of carbonyl (C=O) groups excluding carboxylic acids is 2. The average molecular weight is 410 g/mol. The zero-order chi connectivity index (χ0) is 19.8. The fourth-order valence-corrected chi connectivity index (χ4v) is 3.60. The summed E-state index contributed by atoms with van der Waals surface area (Å²) in [4.78, 5) is 24.4. The lowest BCUT2D eigenvalue weighted by Crippen LogP contribution is -2.41. The van der Waals surface area contributed by atoms with Crippen molar-refractivity contribution in [2.75, 3.05) is 6.54 Å². The molecule has 0 radical (unpaired) electrons. The molecule has 158 valence electrons. The van der Waals surface area contributed by atoms with Crippen LogP contribution in [0.4, 0.5) is 0 Å². The van der Waals surface area contributed by atoms with E-state index < -0.39 is 0 Å². The molecule has 28 heavy (non-hydrogen) atoms. The standard InChI is InChI=1S/C22H35N3O2.ClH/c1-15(2)17-9-11-18(12-10-17)20(23)14-24-21(26)13-16(3)25-22(27)19-7-5-4-6-8-19;/h9-12,15-16,19-20H,4-8,13-14,23H2,1-3H3,(H,24,26)(H,25,27);1H. The lowest BCUT2D eigenvalue weighted by Gasteiger charge is -2.23. The molecule has 0 saturated heterocycles. The van der Waals surface area contributed by atoms with Gasteiger partial charge in [-0.1, -0.05) is 57.4 Å². The van der Waals surface area contributed by atoms with E-state index in [0.29, 0.717) is 12.5 Å². The number of rotatable bonds is 8. The van der Waals surface area contributed by atoms with Gasteiger partial charge in [-0.3, -0.25) is 9.59 Å². The summed E-state index contributed by atoms with van der Waals surface area (Å²) in [7, 11) is 0. The normalized spacial score (nSPS) is 16.8. The molecule has 4 N–H and O–H groups in total. The molecule has 0 aliphatic heterocycles. The Morgan fingerprint density at radius 3 is 2.18 bits per heavy atom. The van der Waals surface area contributed by atoms with Gasteiger partial charge in [0, 0.05) is 31.0 Å². The number of hydrogen-bond donors (Lipinski definition) is 3. The fraction of sp³-hybridized carbons (Fsp3) is 0.636. The molecule has 2 rings (SSSR count). The summed E-state index contributed by atoms with van der Waals surface area (Å²) in [5.74, 6) is 0.615. The van der Waals surface area contributed by atoms with Crippen LogP contribution in [0.1, 0.15) is 82.4 Å². The summed E-state index contributed by atoms with van der Waals surface area (Å²) >= 11 is 0. The van der Waals surface area contributed by atoms with Crippen LogP contribution in [0.2, 0.25) is 0 Å². The highest BCUT2D eigenvalue weighted by atomic mass is 35.5. The first kappa shape index (κ1) is 24.4. The van der Waals surface area contributed by atoms with E-state index in [0.717, 1.165) is 31.2 Å². The molecule has 1 saturated carbocycles. The minimum atomic E-state index is -0.234. The molecule has 5 nitrogen and oxygen atoms in total. The van der Waals surface area contributed by atoms with Crippen LogP contribution in [0.5, 0.6) is 0 Å². The van der Waals surface area contributed by atoms with E-state index in [1.54, 1.807) is 0 Å². The third kappa shape index (κ3) is 7.80. The van der Waals surface area contributed by atoms with Crippen molar-refractivity contribution in [1.29, 1.82) is 0 Å². The van der Waals surface area contributed by atoms with E-state index in [1.807, 2.05) is 19.1 Å². The minimum Gasteiger partial charge on any atom is -0.354 e. The van der Waals surface area contributed by atoms with Gasteiger partial charge in [0.1, 0.15) is 0 Å². The second-order valence-corrected chi connectivity index (χ2v) is 8.18. The van der Waals surface area contributed by atoms with Crippen LogP contribution in [0.15, 0.2) is 24.3 Å². The van der Waals surface area contributed by atoms with Crippen molar-refractivity contribution >= 4 is 24.2 Å². The molecule has 0 heterocycles. The average Bonchev–Trinajstić information content (AvgIpc) is 2.66. The van der Waals surface area contributed by atoms with Crippen LogP contribution in [-0.4, -0.2) is 24.4 Å². The van der Waals surface area contributed by atoms with E-state index in [4.69, 9.17) is 5.73 Å². The van der Waals surface area contributed by atoms with Crippen molar-refractivity contribution in [3.05, 3.63) is 35.4 Å². The third-order valence-corrected chi connectivity index (χ3v) is 5.41. The molecule has 0 bridgehead atoms. The molecule has 2 amide bonds. The predicted molar refractivity (Wildman–Crippen MR) is 117 cm³/mol. The zero-order valence-electron chi connectivity index (χ0n) is 17.4. The first-order valence-electron chi connectivity index (χ1n) is 10.3. The maximum atomic E-state index is 12.3. The maximum absolute atomic E-state index is 12.3. The van der Waals surface area contributed by atoms with E-state index >= 15 is 0 Å². The Balaban J connectivity index is 0.00000392. The van der Waals surface area contributed by atoms with E-state index in [9.17, 15) is 9.59 Å². The lowest BCUT2D eigenvalue weighted by atomic mass is 9.88. The largest absolute Gasteiger partial charge is 0.354 e. The quantitative estimate of drug-likeness (QED) is 0.610. The molecule has 2 unspecified atom stereocenters. The van der Waals surface area contributed by atoms with Gasteiger partial charge in [0.05, 0.1) is 0 Å². The number of benzene rings is 1. The van der Waals surface area contributed by atoms with Crippen molar-refractivity contribution in [2.24, 2.45) is 11.7 Å². The molecule has 1 aromatic carbocycles. The third-order valence-electron chi connectivity index (χ3n) is 5.41. The van der Waals surface area contributed by atoms with Gasteiger partial charge in [0.2, 0.25) is 11.8 Å². The Kier molecular flexibility index (Phi) is 10.5. The van der Waals surface area contributed by atoms with Gasteiger partial charge in [-0.15, -0.1) is 12.4 Å². The zero-order valence-corrected chi connectivity index (χ0v) is 18.2. The second kappa shape index (κ2) is 12.1. The first-order valence-corrected chi connectivity index (χ1v) is 10.3. The minimum absolute atomic E-state index is 0. The summed E-state index contributed by atoms with van der Waals surface area (Å²) in [5, 5.41) is 5.87. The van der Waals surface area contributed by atoms with Crippen LogP contribution in [0.3, 0.4) is 0 Å². The molecule has 6 heteroatoms. The summed E-state index contributed by atoms with van der Waals surface area (Å²) in [5.41, 5.74) is 8.48. The summed E-state index contributed by atoms with van der Waals surface area (Å²) in [6.45, 7) is 6.58. The van der Waals surface area contributed by atoms with E-state index in [2.05, 4.69) is 36.6 Å². The van der Waals surface area contributed by atoms with Gasteiger partial charge in [0.25, 0.3) is 0 Å². The van der Waals surface area contributed by atoms with Crippen LogP contribution < -0.4 is 16.4 Å². The number of nitrogens with one attached hydrogen (secondary N) is 2. The topological polar surface area (TPSA) is 84.2 Å². The van der Waals surface area contributed by atoms with Gasteiger partial charge in [-0.2, -0.15) is 0 Å². The number of halogens is 1. The highest BCUT2D eigenvalue weighted by Crippen LogP contribution is 2.23. The van der Waals surface area contributed by atoms with E-state index in [1.165, 1.54) is 12.0 Å². The highest BCUT2D eigenvalue weighted by molar-refractivity contribution is 5.85. The molecule has 0 aromatic heterocycles. The Morgan fingerprint density at radius 2 is 1.61 bits per heavy atom. The number of carbonyl (C=O) groups is 2. The maximum Gasteiger partial charge on any atom is 0.223 e. The predicted octanol–water partition coefficient (Wildman–Crippen LogP) is 3.82. The molecular weight excluding hydrogens is 374 g/mol. The molecule has 0 spiro atoms. The van der Waals surface area contributed by atoms with Crippen LogP contribution in [0, 0.1) is 5.92 Å².